The number of hydrogen-bond acceptors (Lipinski definition) is 4. The van der Waals surface area contributed by atoms with Gasteiger partial charge in [0.2, 0.25) is 0 Å². The molecule has 5 nitrogen and oxygen atoms in total. The highest BCUT2D eigenvalue weighted by molar-refractivity contribution is 5.69. The molecule has 0 aliphatic heterocycles. The Morgan fingerprint density at radius 3 is 2.69 bits per heavy atom. The summed E-state index contributed by atoms with van der Waals surface area (Å²) in [7, 11) is 3.13. The van der Waals surface area contributed by atoms with Gasteiger partial charge in [-0.3, -0.25) is 9.80 Å². The van der Waals surface area contributed by atoms with Gasteiger partial charge in [0.05, 0.1) is 19.2 Å². The van der Waals surface area contributed by atoms with E-state index in [-0.39, 0.29) is 5.97 Å². The number of methoxy groups -OCH3 is 1. The van der Waals surface area contributed by atoms with Crippen LogP contribution in [0.5, 0.6) is 0 Å². The molecule has 1 aromatic rings. The zero-order valence-electron chi connectivity index (χ0n) is 9.46. The molecular formula is C11H15N3O2. The summed E-state index contributed by atoms with van der Waals surface area (Å²) in [6, 6.07) is 9.42. The van der Waals surface area contributed by atoms with Crippen molar-refractivity contribution in [1.82, 2.24) is 5.01 Å². The summed E-state index contributed by atoms with van der Waals surface area (Å²) in [6.45, 7) is 0.489. The van der Waals surface area contributed by atoms with Gasteiger partial charge in [-0.2, -0.15) is 0 Å². The molecule has 0 atom stereocenters. The summed E-state index contributed by atoms with van der Waals surface area (Å²) in [5, 5.41) is 9.56. The first kappa shape index (κ1) is 12.2. The van der Waals surface area contributed by atoms with E-state index in [9.17, 15) is 4.79 Å². The van der Waals surface area contributed by atoms with Gasteiger partial charge in [0.25, 0.3) is 0 Å². The number of benzene rings is 1. The molecule has 0 aromatic heterocycles. The molecule has 0 bridgehead atoms. The van der Waals surface area contributed by atoms with Gasteiger partial charge < -0.3 is 4.74 Å². The van der Waals surface area contributed by atoms with Gasteiger partial charge >= 0.3 is 5.97 Å². The second-order valence-electron chi connectivity index (χ2n) is 3.23. The minimum Gasteiger partial charge on any atom is -0.469 e. The van der Waals surface area contributed by atoms with Crippen molar-refractivity contribution < 1.29 is 9.53 Å². The summed E-state index contributed by atoms with van der Waals surface area (Å²) >= 11 is 0. The highest BCUT2D eigenvalue weighted by atomic mass is 16.5. The molecule has 0 aliphatic rings. The SMILES string of the molecule is COC(=O)CCN(C)/N=N/c1ccccc1. The average molecular weight is 221 g/mol. The summed E-state index contributed by atoms with van der Waals surface area (Å²) in [4.78, 5) is 10.9. The minimum atomic E-state index is -0.248. The lowest BCUT2D eigenvalue weighted by molar-refractivity contribution is -0.140. The number of carbonyl (C=O) groups is 1. The summed E-state index contributed by atoms with van der Waals surface area (Å²) < 4.78 is 4.53. The lowest BCUT2D eigenvalue weighted by Gasteiger charge is -2.09. The second kappa shape index (κ2) is 6.55. The van der Waals surface area contributed by atoms with E-state index in [0.717, 1.165) is 5.69 Å². The Bertz CT molecular complexity index is 352. The number of esters is 1. The van der Waals surface area contributed by atoms with E-state index >= 15 is 0 Å². The Hall–Kier alpha value is -1.91. The van der Waals surface area contributed by atoms with Crippen LogP contribution in [0.1, 0.15) is 6.42 Å². The Balaban J connectivity index is 2.37. The van der Waals surface area contributed by atoms with Gasteiger partial charge in [0, 0.05) is 13.6 Å². The maximum Gasteiger partial charge on any atom is 0.307 e. The van der Waals surface area contributed by atoms with Crippen molar-refractivity contribution in [2.75, 3.05) is 20.7 Å². The monoisotopic (exact) mass is 221 g/mol. The summed E-state index contributed by atoms with van der Waals surface area (Å²) in [5.74, 6) is -0.248. The molecule has 16 heavy (non-hydrogen) atoms. The molecule has 0 fully saturated rings. The fraction of sp³-hybridized carbons (Fsp3) is 0.364. The van der Waals surface area contributed by atoms with Crippen LogP contribution in [0.3, 0.4) is 0 Å². The van der Waals surface area contributed by atoms with E-state index in [4.69, 9.17) is 0 Å². The Morgan fingerprint density at radius 1 is 1.38 bits per heavy atom. The van der Waals surface area contributed by atoms with Gasteiger partial charge in [-0.15, -0.1) is 5.11 Å². The largest absolute Gasteiger partial charge is 0.469 e. The molecule has 0 N–H and O–H groups in total. The van der Waals surface area contributed by atoms with E-state index in [1.165, 1.54) is 7.11 Å². The standard InChI is InChI=1S/C11H15N3O2/c1-14(9-8-11(15)16-2)13-12-10-6-4-3-5-7-10/h3-7H,8-9H2,1-2H3/b13-12+. The van der Waals surface area contributed by atoms with Crippen molar-refractivity contribution in [3.8, 4) is 0 Å². The van der Waals surface area contributed by atoms with Crippen molar-refractivity contribution >= 4 is 11.7 Å². The number of rotatable bonds is 5. The molecule has 0 saturated heterocycles. The second-order valence-corrected chi connectivity index (χ2v) is 3.23. The van der Waals surface area contributed by atoms with Crippen LogP contribution in [0, 0.1) is 0 Å². The maximum atomic E-state index is 10.9. The smallest absolute Gasteiger partial charge is 0.307 e. The summed E-state index contributed by atoms with van der Waals surface area (Å²) in [6.07, 6.45) is 0.306. The molecule has 0 radical (unpaired) electrons. The topological polar surface area (TPSA) is 54.3 Å². The molecule has 0 spiro atoms. The van der Waals surface area contributed by atoms with Gasteiger partial charge in [-0.25, -0.2) is 0 Å². The average Bonchev–Trinajstić information content (AvgIpc) is 2.34. The number of ether oxygens (including phenoxy) is 1. The highest BCUT2D eigenvalue weighted by Crippen LogP contribution is 2.10. The third-order valence-corrected chi connectivity index (χ3v) is 1.94. The Labute approximate surface area is 94.7 Å². The Kier molecular flexibility index (Phi) is 4.98. The van der Waals surface area contributed by atoms with Crippen LogP contribution in [0.2, 0.25) is 0 Å². The normalized spacial score (nSPS) is 10.4. The van der Waals surface area contributed by atoms with E-state index < -0.39 is 0 Å². The van der Waals surface area contributed by atoms with Gasteiger partial charge in [-0.1, -0.05) is 23.4 Å². The van der Waals surface area contributed by atoms with Crippen molar-refractivity contribution in [2.24, 2.45) is 10.3 Å². The van der Waals surface area contributed by atoms with Crippen LogP contribution in [0.25, 0.3) is 0 Å². The van der Waals surface area contributed by atoms with Crippen LogP contribution in [-0.2, 0) is 9.53 Å². The number of carbonyl (C=O) groups excluding carboxylic acids is 1. The van der Waals surface area contributed by atoms with Crippen LogP contribution in [0.15, 0.2) is 40.7 Å². The molecule has 0 heterocycles. The lowest BCUT2D eigenvalue weighted by atomic mass is 10.3. The molecule has 1 rings (SSSR count). The lowest BCUT2D eigenvalue weighted by Crippen LogP contribution is -2.16. The number of hydrogen-bond donors (Lipinski definition) is 0. The third-order valence-electron chi connectivity index (χ3n) is 1.94. The summed E-state index contributed by atoms with van der Waals surface area (Å²) in [5.41, 5.74) is 0.785. The zero-order chi connectivity index (χ0) is 11.8. The van der Waals surface area contributed by atoms with Crippen LogP contribution in [-0.4, -0.2) is 31.7 Å². The quantitative estimate of drug-likeness (QED) is 0.435. The molecule has 0 unspecified atom stereocenters. The van der Waals surface area contributed by atoms with Crippen LogP contribution in [0.4, 0.5) is 5.69 Å². The van der Waals surface area contributed by atoms with Gasteiger partial charge in [0.1, 0.15) is 0 Å². The van der Waals surface area contributed by atoms with Gasteiger partial charge in [-0.05, 0) is 12.1 Å². The van der Waals surface area contributed by atoms with Crippen molar-refractivity contribution in [2.45, 2.75) is 6.42 Å². The predicted molar refractivity (Wildman–Crippen MR) is 60.2 cm³/mol. The number of nitrogens with zero attached hydrogens (tertiary/aromatic N) is 3. The molecule has 5 heteroatoms. The van der Waals surface area contributed by atoms with Crippen LogP contribution < -0.4 is 0 Å². The Morgan fingerprint density at radius 2 is 2.06 bits per heavy atom. The minimum absolute atomic E-state index is 0.248. The van der Waals surface area contributed by atoms with Crippen molar-refractivity contribution in [3.63, 3.8) is 0 Å². The first-order valence-electron chi connectivity index (χ1n) is 4.97. The molecule has 1 aromatic carbocycles. The predicted octanol–water partition coefficient (Wildman–Crippen LogP) is 2.18. The first-order chi connectivity index (χ1) is 7.72. The van der Waals surface area contributed by atoms with Crippen LogP contribution >= 0.6 is 0 Å². The fourth-order valence-corrected chi connectivity index (χ4v) is 1.02. The zero-order valence-corrected chi connectivity index (χ0v) is 9.46. The molecular weight excluding hydrogens is 206 g/mol. The van der Waals surface area contributed by atoms with Crippen molar-refractivity contribution in [1.29, 1.82) is 0 Å². The maximum absolute atomic E-state index is 10.9. The molecule has 0 amide bonds. The van der Waals surface area contributed by atoms with Gasteiger partial charge in [0.15, 0.2) is 0 Å². The first-order valence-corrected chi connectivity index (χ1v) is 4.97. The highest BCUT2D eigenvalue weighted by Gasteiger charge is 2.01. The van der Waals surface area contributed by atoms with E-state index in [1.54, 1.807) is 12.1 Å². The fourth-order valence-electron chi connectivity index (χ4n) is 1.02. The van der Waals surface area contributed by atoms with E-state index in [0.29, 0.717) is 13.0 Å². The molecule has 0 aliphatic carbocycles. The van der Waals surface area contributed by atoms with Crippen molar-refractivity contribution in [3.05, 3.63) is 30.3 Å². The molecule has 86 valence electrons. The van der Waals surface area contributed by atoms with E-state index in [1.807, 2.05) is 30.3 Å². The molecule has 0 saturated carbocycles. The van der Waals surface area contributed by atoms with E-state index in [2.05, 4.69) is 15.1 Å². The third kappa shape index (κ3) is 4.54.